The van der Waals surface area contributed by atoms with Crippen LogP contribution in [0.15, 0.2) is 21.5 Å². The molecule has 0 radical (unpaired) electrons. The zero-order chi connectivity index (χ0) is 18.5. The third-order valence-corrected chi connectivity index (χ3v) is 4.86. The van der Waals surface area contributed by atoms with Gasteiger partial charge < -0.3 is 24.1 Å². The van der Waals surface area contributed by atoms with Crippen LogP contribution < -0.4 is 15.5 Å². The van der Waals surface area contributed by atoms with Crippen molar-refractivity contribution in [1.29, 1.82) is 0 Å². The van der Waals surface area contributed by atoms with Gasteiger partial charge in [0.15, 0.2) is 5.76 Å². The predicted octanol–water partition coefficient (Wildman–Crippen LogP) is 0.938. The highest BCUT2D eigenvalue weighted by molar-refractivity contribution is 5.92. The summed E-state index contributed by atoms with van der Waals surface area (Å²) in [5.74, 6) is -0.539. The summed E-state index contributed by atoms with van der Waals surface area (Å²) in [6, 6.07) is 0.965. The summed E-state index contributed by atoms with van der Waals surface area (Å²) < 4.78 is 15.5. The van der Waals surface area contributed by atoms with Gasteiger partial charge in [-0.15, -0.1) is 0 Å². The first kappa shape index (κ1) is 18.4. The quantitative estimate of drug-likeness (QED) is 0.835. The maximum Gasteiger partial charge on any atom is 0.290 e. The predicted molar refractivity (Wildman–Crippen MR) is 92.2 cm³/mol. The lowest BCUT2D eigenvalue weighted by Gasteiger charge is -2.35. The van der Waals surface area contributed by atoms with Gasteiger partial charge in [0.2, 0.25) is 17.1 Å². The van der Waals surface area contributed by atoms with Crippen LogP contribution in [-0.2, 0) is 9.53 Å². The first-order valence-electron chi connectivity index (χ1n) is 8.93. The zero-order valence-corrected chi connectivity index (χ0v) is 14.9. The minimum Gasteiger partial charge on any atom is -0.490 e. The van der Waals surface area contributed by atoms with E-state index in [-0.39, 0.29) is 42.5 Å². The number of carbonyl (C=O) groups excluding carboxylic acids is 2. The van der Waals surface area contributed by atoms with Crippen LogP contribution in [0, 0.1) is 0 Å². The molecule has 1 saturated carbocycles. The number of hydrogen-bond acceptors (Lipinski definition) is 6. The molecule has 2 fully saturated rings. The average molecular weight is 364 g/mol. The van der Waals surface area contributed by atoms with Gasteiger partial charge >= 0.3 is 0 Å². The third kappa shape index (κ3) is 4.24. The van der Waals surface area contributed by atoms with E-state index in [9.17, 15) is 14.4 Å². The van der Waals surface area contributed by atoms with E-state index in [1.54, 1.807) is 4.90 Å². The fraction of sp³-hybridized carbons (Fsp3) is 0.611. The van der Waals surface area contributed by atoms with Crippen molar-refractivity contribution >= 4 is 11.8 Å². The van der Waals surface area contributed by atoms with E-state index < -0.39 is 11.3 Å². The number of ether oxygens (including phenoxy) is 2. The van der Waals surface area contributed by atoms with Crippen LogP contribution in [0.4, 0.5) is 0 Å². The molecule has 1 aromatic heterocycles. The van der Waals surface area contributed by atoms with Crippen molar-refractivity contribution in [2.75, 3.05) is 26.9 Å². The van der Waals surface area contributed by atoms with Gasteiger partial charge in [-0.3, -0.25) is 14.4 Å². The molecule has 8 heteroatoms. The highest BCUT2D eigenvalue weighted by Crippen LogP contribution is 2.19. The molecule has 1 atom stereocenters. The largest absolute Gasteiger partial charge is 0.490 e. The third-order valence-electron chi connectivity index (χ3n) is 4.86. The number of nitrogens with zero attached hydrogens (tertiary/aromatic N) is 1. The van der Waals surface area contributed by atoms with Gasteiger partial charge in [-0.25, -0.2) is 0 Å². The number of morpholine rings is 1. The highest BCUT2D eigenvalue weighted by atomic mass is 16.5. The summed E-state index contributed by atoms with van der Waals surface area (Å²) >= 11 is 0. The van der Waals surface area contributed by atoms with E-state index in [0.717, 1.165) is 38.0 Å². The van der Waals surface area contributed by atoms with Gasteiger partial charge in [-0.2, -0.15) is 0 Å². The van der Waals surface area contributed by atoms with Gasteiger partial charge in [-0.1, -0.05) is 12.8 Å². The molecule has 2 amide bonds. The number of rotatable bonds is 5. The molecule has 1 aromatic rings. The molecule has 26 heavy (non-hydrogen) atoms. The summed E-state index contributed by atoms with van der Waals surface area (Å²) in [5.41, 5.74) is -0.425. The van der Waals surface area contributed by atoms with Crippen LogP contribution >= 0.6 is 0 Å². The molecule has 0 aromatic carbocycles. The molecule has 142 valence electrons. The van der Waals surface area contributed by atoms with E-state index in [2.05, 4.69) is 5.32 Å². The molecule has 1 N–H and O–H groups in total. The lowest BCUT2D eigenvalue weighted by molar-refractivity contribution is -0.124. The number of carbonyl (C=O) groups is 2. The normalized spacial score (nSPS) is 20.8. The van der Waals surface area contributed by atoms with Crippen molar-refractivity contribution in [3.05, 3.63) is 28.3 Å². The van der Waals surface area contributed by atoms with Gasteiger partial charge in [0.25, 0.3) is 5.91 Å². The zero-order valence-electron chi connectivity index (χ0n) is 14.9. The Morgan fingerprint density at radius 2 is 2.12 bits per heavy atom. The van der Waals surface area contributed by atoms with E-state index in [0.29, 0.717) is 13.2 Å². The van der Waals surface area contributed by atoms with E-state index in [1.807, 2.05) is 0 Å². The standard InChI is InChI=1S/C18H24N2O6/c1-24-16-11-26-15(9-14(16)21)18(23)20-6-7-25-10-13(20)8-17(22)19-12-4-2-3-5-12/h9,11-13H,2-8,10H2,1H3,(H,19,22)/t13-/m1/s1. The summed E-state index contributed by atoms with van der Waals surface area (Å²) in [5, 5.41) is 3.03. The molecule has 1 aliphatic heterocycles. The minimum absolute atomic E-state index is 0.0380. The van der Waals surface area contributed by atoms with Gasteiger partial charge in [0.05, 0.1) is 26.4 Å². The van der Waals surface area contributed by atoms with Gasteiger partial charge in [-0.05, 0) is 12.8 Å². The molecular formula is C18H24N2O6. The Morgan fingerprint density at radius 3 is 2.81 bits per heavy atom. The Labute approximate surface area is 151 Å². The van der Waals surface area contributed by atoms with Crippen molar-refractivity contribution < 1.29 is 23.5 Å². The fourth-order valence-electron chi connectivity index (χ4n) is 3.46. The van der Waals surface area contributed by atoms with Crippen LogP contribution in [0.5, 0.6) is 5.75 Å². The van der Waals surface area contributed by atoms with Crippen LogP contribution in [0.25, 0.3) is 0 Å². The SMILES string of the molecule is COc1coc(C(=O)N2CCOC[C@H]2CC(=O)NC2CCCC2)cc1=O. The van der Waals surface area contributed by atoms with Crippen molar-refractivity contribution in [2.45, 2.75) is 44.2 Å². The lowest BCUT2D eigenvalue weighted by Crippen LogP contribution is -2.51. The highest BCUT2D eigenvalue weighted by Gasteiger charge is 2.32. The van der Waals surface area contributed by atoms with Crippen molar-refractivity contribution in [3.63, 3.8) is 0 Å². The Kier molecular flexibility index (Phi) is 5.92. The molecular weight excluding hydrogens is 340 g/mol. The Balaban J connectivity index is 1.67. The first-order chi connectivity index (χ1) is 12.6. The Hall–Kier alpha value is -2.35. The number of nitrogens with one attached hydrogen (secondary N) is 1. The number of amides is 2. The summed E-state index contributed by atoms with van der Waals surface area (Å²) in [7, 11) is 1.36. The van der Waals surface area contributed by atoms with Crippen LogP contribution in [0.2, 0.25) is 0 Å². The van der Waals surface area contributed by atoms with Crippen LogP contribution in [0.3, 0.4) is 0 Å². The molecule has 8 nitrogen and oxygen atoms in total. The second-order valence-corrected chi connectivity index (χ2v) is 6.66. The molecule has 2 heterocycles. The fourth-order valence-corrected chi connectivity index (χ4v) is 3.46. The first-order valence-corrected chi connectivity index (χ1v) is 8.93. The van der Waals surface area contributed by atoms with Crippen molar-refractivity contribution in [2.24, 2.45) is 0 Å². The molecule has 1 aliphatic carbocycles. The Morgan fingerprint density at radius 1 is 1.35 bits per heavy atom. The Bertz CT molecular complexity index is 710. The molecule has 0 spiro atoms. The van der Waals surface area contributed by atoms with Crippen LogP contribution in [-0.4, -0.2) is 55.7 Å². The smallest absolute Gasteiger partial charge is 0.290 e. The number of methoxy groups -OCH3 is 1. The molecule has 1 saturated heterocycles. The molecule has 2 aliphatic rings. The van der Waals surface area contributed by atoms with E-state index >= 15 is 0 Å². The van der Waals surface area contributed by atoms with Crippen LogP contribution in [0.1, 0.15) is 42.7 Å². The molecule has 0 bridgehead atoms. The summed E-state index contributed by atoms with van der Waals surface area (Å²) in [6.45, 7) is 1.01. The van der Waals surface area contributed by atoms with Crippen molar-refractivity contribution in [3.8, 4) is 5.75 Å². The second kappa shape index (κ2) is 8.35. The monoisotopic (exact) mass is 364 g/mol. The minimum atomic E-state index is -0.425. The lowest BCUT2D eigenvalue weighted by atomic mass is 10.1. The van der Waals surface area contributed by atoms with Gasteiger partial charge in [0, 0.05) is 25.1 Å². The summed E-state index contributed by atoms with van der Waals surface area (Å²) in [4.78, 5) is 38.5. The van der Waals surface area contributed by atoms with E-state index in [1.165, 1.54) is 7.11 Å². The summed E-state index contributed by atoms with van der Waals surface area (Å²) in [6.07, 6.45) is 5.58. The topological polar surface area (TPSA) is 98.1 Å². The van der Waals surface area contributed by atoms with E-state index in [4.69, 9.17) is 13.9 Å². The molecule has 0 unspecified atom stereocenters. The number of hydrogen-bond donors (Lipinski definition) is 1. The average Bonchev–Trinajstić information content (AvgIpc) is 3.14. The second-order valence-electron chi connectivity index (χ2n) is 6.66. The maximum absolute atomic E-state index is 12.8. The maximum atomic E-state index is 12.8. The molecule has 3 rings (SSSR count). The van der Waals surface area contributed by atoms with Gasteiger partial charge in [0.1, 0.15) is 6.26 Å². The van der Waals surface area contributed by atoms with Crippen molar-refractivity contribution in [1.82, 2.24) is 10.2 Å².